The van der Waals surface area contributed by atoms with E-state index in [1.165, 1.54) is 4.90 Å². The molecule has 1 aliphatic carbocycles. The molecule has 1 heterocycles. The highest BCUT2D eigenvalue weighted by Gasteiger charge is 2.21. The number of benzene rings is 1. The summed E-state index contributed by atoms with van der Waals surface area (Å²) in [6, 6.07) is 12.3. The topological polar surface area (TPSA) is 113 Å². The standard InChI is InChI=1S/C22H25NO2S.C2H6.2H2O.H2/c1-14(2)19-10-11-21(23-22(19)25)20(13-15-4-7-17(24)12-15)16-5-8-18(26-3)9-6-16;1-2;;;/h5-6,8-11,13-15H,4,7,12H2,1-3H3,(H,23,25);1-2H3;2*1H2;1H/b20-13+;;;;/t15-;;;;/m0..../s1. The highest BCUT2D eigenvalue weighted by Crippen LogP contribution is 2.31. The molecule has 6 heteroatoms. The number of pyridine rings is 1. The van der Waals surface area contributed by atoms with Crippen LogP contribution in [0.4, 0.5) is 0 Å². The summed E-state index contributed by atoms with van der Waals surface area (Å²) in [6.07, 6.45) is 6.36. The Morgan fingerprint density at radius 3 is 2.20 bits per heavy atom. The lowest BCUT2D eigenvalue weighted by atomic mass is 9.95. The molecule has 1 aromatic heterocycles. The van der Waals surface area contributed by atoms with E-state index in [0.717, 1.165) is 28.8 Å². The van der Waals surface area contributed by atoms with Crippen LogP contribution in [0, 0.1) is 5.92 Å². The Kier molecular flexibility index (Phi) is 12.3. The average molecular weight is 436 g/mol. The molecule has 1 saturated carbocycles. The summed E-state index contributed by atoms with van der Waals surface area (Å²) in [6.45, 7) is 8.04. The van der Waals surface area contributed by atoms with Gasteiger partial charge in [0.1, 0.15) is 5.78 Å². The third-order valence-corrected chi connectivity index (χ3v) is 5.68. The summed E-state index contributed by atoms with van der Waals surface area (Å²) in [4.78, 5) is 28.4. The molecule has 0 radical (unpaired) electrons. The second-order valence-corrected chi connectivity index (χ2v) is 8.04. The van der Waals surface area contributed by atoms with E-state index in [9.17, 15) is 9.59 Å². The molecular formula is C24H37NO4S. The van der Waals surface area contributed by atoms with Crippen molar-refractivity contribution in [1.29, 1.82) is 0 Å². The molecule has 2 aromatic rings. The van der Waals surface area contributed by atoms with Gasteiger partial charge < -0.3 is 15.9 Å². The van der Waals surface area contributed by atoms with Gasteiger partial charge in [0.25, 0.3) is 5.56 Å². The summed E-state index contributed by atoms with van der Waals surface area (Å²) in [5.41, 5.74) is 3.64. The highest BCUT2D eigenvalue weighted by molar-refractivity contribution is 7.98. The first kappa shape index (κ1) is 27.8. The lowest BCUT2D eigenvalue weighted by molar-refractivity contribution is -0.117. The van der Waals surface area contributed by atoms with Crippen molar-refractivity contribution < 1.29 is 17.2 Å². The molecule has 1 aliphatic rings. The van der Waals surface area contributed by atoms with Gasteiger partial charge in [0.05, 0.1) is 0 Å². The van der Waals surface area contributed by atoms with Crippen LogP contribution in [0.2, 0.25) is 0 Å². The van der Waals surface area contributed by atoms with Gasteiger partial charge in [-0.05, 0) is 48.3 Å². The van der Waals surface area contributed by atoms with Crippen LogP contribution in [0.3, 0.4) is 0 Å². The predicted octanol–water partition coefficient (Wildman–Crippen LogP) is 4.64. The Hall–Kier alpha value is -2.15. The lowest BCUT2D eigenvalue weighted by Crippen LogP contribution is -2.15. The van der Waals surface area contributed by atoms with Crippen LogP contribution in [0.15, 0.2) is 52.2 Å². The zero-order valence-corrected chi connectivity index (χ0v) is 19.4. The molecule has 1 atom stereocenters. The van der Waals surface area contributed by atoms with Gasteiger partial charge in [-0.1, -0.05) is 52.0 Å². The largest absolute Gasteiger partial charge is 0.412 e. The Labute approximate surface area is 185 Å². The first-order valence-electron chi connectivity index (χ1n) is 10.1. The molecule has 0 amide bonds. The number of allylic oxidation sites excluding steroid dienone is 1. The molecule has 3 rings (SSSR count). The zero-order valence-electron chi connectivity index (χ0n) is 18.5. The van der Waals surface area contributed by atoms with Crippen LogP contribution >= 0.6 is 11.8 Å². The van der Waals surface area contributed by atoms with E-state index in [-0.39, 0.29) is 29.8 Å². The monoisotopic (exact) mass is 435 g/mol. The molecule has 30 heavy (non-hydrogen) atoms. The number of carbonyl (C=O) groups is 1. The lowest BCUT2D eigenvalue weighted by Gasteiger charge is -2.13. The van der Waals surface area contributed by atoms with Gasteiger partial charge in [0.2, 0.25) is 0 Å². The van der Waals surface area contributed by atoms with Gasteiger partial charge in [-0.25, -0.2) is 0 Å². The van der Waals surface area contributed by atoms with Crippen LogP contribution < -0.4 is 5.56 Å². The Balaban J connectivity index is 0. The normalized spacial score (nSPS) is 15.7. The second-order valence-electron chi connectivity index (χ2n) is 7.16. The van der Waals surface area contributed by atoms with Crippen molar-refractivity contribution in [2.45, 2.75) is 57.8 Å². The second kappa shape index (κ2) is 13.2. The Morgan fingerprint density at radius 2 is 1.73 bits per heavy atom. The number of rotatable bonds is 5. The third kappa shape index (κ3) is 6.97. The molecule has 168 valence electrons. The smallest absolute Gasteiger partial charge is 0.251 e. The van der Waals surface area contributed by atoms with Crippen LogP contribution in [0.25, 0.3) is 5.57 Å². The number of Topliss-reactive ketones (excluding diaryl/α,β-unsaturated/α-hetero) is 1. The van der Waals surface area contributed by atoms with Gasteiger partial charge in [-0.2, -0.15) is 0 Å². The summed E-state index contributed by atoms with van der Waals surface area (Å²) in [5.74, 6) is 0.756. The van der Waals surface area contributed by atoms with Crippen molar-refractivity contribution in [3.05, 3.63) is 69.6 Å². The number of thioether (sulfide) groups is 1. The van der Waals surface area contributed by atoms with Gasteiger partial charge in [-0.3, -0.25) is 9.59 Å². The van der Waals surface area contributed by atoms with Crippen LogP contribution in [0.1, 0.15) is 71.1 Å². The molecule has 1 fully saturated rings. The SMILES string of the molecule is CC.CSc1ccc(/C(=C\[C@H]2CCC(=O)C2)c2ccc(C(C)C)c(=O)[nH]2)cc1.O.O.[HH]. The van der Waals surface area contributed by atoms with Gasteiger partial charge in [0, 0.05) is 36.0 Å². The fourth-order valence-corrected chi connectivity index (χ4v) is 3.84. The maximum Gasteiger partial charge on any atom is 0.251 e. The summed E-state index contributed by atoms with van der Waals surface area (Å²) >= 11 is 1.70. The molecule has 0 aliphatic heterocycles. The molecule has 0 spiro atoms. The first-order valence-corrected chi connectivity index (χ1v) is 11.3. The van der Waals surface area contributed by atoms with Crippen LogP contribution in [0.5, 0.6) is 0 Å². The van der Waals surface area contributed by atoms with Crippen LogP contribution in [-0.2, 0) is 4.79 Å². The number of nitrogens with one attached hydrogen (secondary N) is 1. The minimum Gasteiger partial charge on any atom is -0.412 e. The van der Waals surface area contributed by atoms with E-state index in [1.807, 2.05) is 39.8 Å². The summed E-state index contributed by atoms with van der Waals surface area (Å²) in [5, 5.41) is 0. The number of ketones is 1. The quantitative estimate of drug-likeness (QED) is 0.690. The third-order valence-electron chi connectivity index (χ3n) is 4.94. The number of hydrogen-bond donors (Lipinski definition) is 1. The van der Waals surface area contributed by atoms with Gasteiger partial charge in [0.15, 0.2) is 0 Å². The minimum atomic E-state index is -0.0355. The van der Waals surface area contributed by atoms with Crippen molar-refractivity contribution in [2.75, 3.05) is 6.26 Å². The summed E-state index contributed by atoms with van der Waals surface area (Å²) < 4.78 is 0. The average Bonchev–Trinajstić information content (AvgIpc) is 3.12. The van der Waals surface area contributed by atoms with E-state index in [0.29, 0.717) is 18.6 Å². The van der Waals surface area contributed by atoms with E-state index in [2.05, 4.69) is 41.6 Å². The number of H-pyrrole nitrogens is 1. The zero-order chi connectivity index (χ0) is 20.7. The Morgan fingerprint density at radius 1 is 1.10 bits per heavy atom. The molecule has 0 saturated heterocycles. The fraction of sp³-hybridized carbons (Fsp3) is 0.417. The molecular weight excluding hydrogens is 398 g/mol. The number of hydrogen-bond acceptors (Lipinski definition) is 3. The highest BCUT2D eigenvalue weighted by atomic mass is 32.2. The van der Waals surface area contributed by atoms with E-state index in [4.69, 9.17) is 0 Å². The van der Waals surface area contributed by atoms with Crippen molar-refractivity contribution in [3.8, 4) is 0 Å². The minimum absolute atomic E-state index is 0. The first-order chi connectivity index (χ1) is 13.5. The molecule has 5 N–H and O–H groups in total. The Bertz CT molecular complexity index is 891. The van der Waals surface area contributed by atoms with E-state index in [1.54, 1.807) is 11.8 Å². The van der Waals surface area contributed by atoms with Gasteiger partial charge in [-0.15, -0.1) is 11.8 Å². The van der Waals surface area contributed by atoms with Crippen molar-refractivity contribution in [3.63, 3.8) is 0 Å². The summed E-state index contributed by atoms with van der Waals surface area (Å²) in [7, 11) is 0. The molecule has 1 aromatic carbocycles. The van der Waals surface area contributed by atoms with Crippen molar-refractivity contribution in [2.24, 2.45) is 5.92 Å². The van der Waals surface area contributed by atoms with Crippen LogP contribution in [-0.4, -0.2) is 28.0 Å². The molecule has 0 bridgehead atoms. The maximum atomic E-state index is 12.5. The van der Waals surface area contributed by atoms with Crippen molar-refractivity contribution in [1.82, 2.24) is 4.98 Å². The van der Waals surface area contributed by atoms with E-state index >= 15 is 0 Å². The maximum absolute atomic E-state index is 12.5. The number of aromatic nitrogens is 1. The van der Waals surface area contributed by atoms with Gasteiger partial charge >= 0.3 is 0 Å². The van der Waals surface area contributed by atoms with E-state index < -0.39 is 0 Å². The number of aromatic amines is 1. The van der Waals surface area contributed by atoms with Crippen molar-refractivity contribution >= 4 is 23.1 Å². The molecule has 0 unspecified atom stereocenters. The molecule has 5 nitrogen and oxygen atoms in total. The fourth-order valence-electron chi connectivity index (χ4n) is 3.43. The predicted molar refractivity (Wildman–Crippen MR) is 129 cm³/mol. The number of carbonyl (C=O) groups excluding carboxylic acids is 1.